The van der Waals surface area contributed by atoms with E-state index in [0.29, 0.717) is 46.9 Å². The van der Waals surface area contributed by atoms with Gasteiger partial charge in [-0.1, -0.05) is 24.3 Å². The molecule has 2 aromatic heterocycles. The molecule has 0 radical (unpaired) electrons. The molecule has 0 saturated heterocycles. The highest BCUT2D eigenvalue weighted by atomic mass is 16.5. The fraction of sp³-hybridized carbons (Fsp3) is 0.133. The Hall–Kier alpha value is -7.07. The molecule has 274 valence electrons. The normalized spacial score (nSPS) is 12.3. The van der Waals surface area contributed by atoms with E-state index in [1.807, 2.05) is 111 Å². The first-order chi connectivity index (χ1) is 26.8. The number of hydrogen-bond acceptors (Lipinski definition) is 10. The van der Waals surface area contributed by atoms with Crippen LogP contribution in [0.25, 0.3) is 45.1 Å². The number of aromatic hydroxyl groups is 1. The van der Waals surface area contributed by atoms with Gasteiger partial charge in [0.05, 0.1) is 5.56 Å². The van der Waals surface area contributed by atoms with E-state index in [1.165, 1.54) is 6.07 Å². The van der Waals surface area contributed by atoms with Gasteiger partial charge in [0.25, 0.3) is 0 Å². The maximum Gasteiger partial charge on any atom is 0.227 e. The van der Waals surface area contributed by atoms with Crippen LogP contribution in [0.4, 0.5) is 0 Å². The summed E-state index contributed by atoms with van der Waals surface area (Å²) in [5.41, 5.74) is 5.35. The third-order valence-corrected chi connectivity index (χ3v) is 8.76. The number of oxazole rings is 2. The van der Waals surface area contributed by atoms with Gasteiger partial charge < -0.3 is 32.9 Å². The largest absolute Gasteiger partial charge is 0.507 e. The van der Waals surface area contributed by atoms with E-state index < -0.39 is 0 Å². The molecule has 10 nitrogen and oxygen atoms in total. The van der Waals surface area contributed by atoms with Crippen LogP contribution in [0, 0.1) is 0 Å². The van der Waals surface area contributed by atoms with E-state index in [1.54, 1.807) is 36.4 Å². The molecule has 6 aromatic carbocycles. The van der Waals surface area contributed by atoms with E-state index in [-0.39, 0.29) is 35.9 Å². The van der Waals surface area contributed by atoms with Crippen LogP contribution < -0.4 is 18.9 Å². The van der Waals surface area contributed by atoms with Crippen LogP contribution in [0.3, 0.4) is 0 Å². The Bertz CT molecular complexity index is 2490. The lowest BCUT2D eigenvalue weighted by Crippen LogP contribution is -2.21. The summed E-state index contributed by atoms with van der Waals surface area (Å²) in [6.07, 6.45) is -0.612. The minimum absolute atomic E-state index is 0.160. The average molecular weight is 733 g/mol. The highest BCUT2D eigenvalue weighted by Crippen LogP contribution is 2.30. The zero-order valence-electron chi connectivity index (χ0n) is 30.0. The molecule has 0 aliphatic rings. The molecule has 8 rings (SSSR count). The van der Waals surface area contributed by atoms with Gasteiger partial charge in [0.15, 0.2) is 16.9 Å². The second-order valence-electron chi connectivity index (χ2n) is 13.0. The van der Waals surface area contributed by atoms with Gasteiger partial charge in [-0.25, -0.2) is 9.97 Å². The number of carbonyl (C=O) groups excluding carboxylic acids is 1. The predicted octanol–water partition coefficient (Wildman–Crippen LogP) is 9.93. The van der Waals surface area contributed by atoms with E-state index in [0.717, 1.165) is 33.3 Å². The maximum atomic E-state index is 13.3. The quantitative estimate of drug-likeness (QED) is 0.108. The number of para-hydroxylation sites is 4. The minimum atomic E-state index is -0.343. The van der Waals surface area contributed by atoms with Crippen LogP contribution >= 0.6 is 0 Å². The number of rotatable bonds is 14. The number of phenols is 1. The van der Waals surface area contributed by atoms with Crippen LogP contribution in [0.1, 0.15) is 29.8 Å². The molecule has 2 atom stereocenters. The Morgan fingerprint density at radius 3 is 1.53 bits per heavy atom. The Balaban J connectivity index is 0.796. The Kier molecular flexibility index (Phi) is 9.86. The molecular weight excluding hydrogens is 697 g/mol. The monoisotopic (exact) mass is 732 g/mol. The summed E-state index contributed by atoms with van der Waals surface area (Å²) in [6.45, 7) is 4.34. The fourth-order valence-electron chi connectivity index (χ4n) is 5.96. The van der Waals surface area contributed by atoms with Crippen molar-refractivity contribution in [3.8, 4) is 51.7 Å². The summed E-state index contributed by atoms with van der Waals surface area (Å²) >= 11 is 0. The SMILES string of the molecule is CC(COc1ccc(-c2nc3ccccc3o2)cc1)Oc1ccc(C(=O)c2ccc(OC(C)COc3ccc(-c4nc5ccccc5o4)cc3)cc2O)cc1. The molecular formula is C45H36N2O8. The van der Waals surface area contributed by atoms with Gasteiger partial charge >= 0.3 is 0 Å². The van der Waals surface area contributed by atoms with Crippen molar-refractivity contribution < 1.29 is 37.7 Å². The van der Waals surface area contributed by atoms with Gasteiger partial charge in [0.1, 0.15) is 65.2 Å². The van der Waals surface area contributed by atoms with E-state index in [9.17, 15) is 9.90 Å². The van der Waals surface area contributed by atoms with Gasteiger partial charge in [0.2, 0.25) is 11.8 Å². The Morgan fingerprint density at radius 1 is 0.582 bits per heavy atom. The summed E-state index contributed by atoms with van der Waals surface area (Å²) in [5.74, 6) is 2.94. The number of phenolic OH excluding ortho intramolecular Hbond substituents is 1. The molecule has 8 aromatic rings. The van der Waals surface area contributed by atoms with Crippen LogP contribution in [0.15, 0.2) is 148 Å². The van der Waals surface area contributed by atoms with Gasteiger partial charge in [-0.2, -0.15) is 0 Å². The number of nitrogens with zero attached hydrogens (tertiary/aromatic N) is 2. The average Bonchev–Trinajstić information content (AvgIpc) is 3.85. The summed E-state index contributed by atoms with van der Waals surface area (Å²) in [5, 5.41) is 10.7. The van der Waals surface area contributed by atoms with Crippen molar-refractivity contribution >= 4 is 28.0 Å². The van der Waals surface area contributed by atoms with Gasteiger partial charge in [0, 0.05) is 22.8 Å². The number of carbonyl (C=O) groups is 1. The summed E-state index contributed by atoms with van der Waals surface area (Å²) in [4.78, 5) is 22.3. The molecule has 0 fully saturated rings. The maximum absolute atomic E-state index is 13.3. The molecule has 10 heteroatoms. The van der Waals surface area contributed by atoms with Gasteiger partial charge in [-0.05, 0) is 123 Å². The first-order valence-electron chi connectivity index (χ1n) is 17.8. The zero-order chi connectivity index (χ0) is 37.7. The first kappa shape index (κ1) is 35.0. The molecule has 0 saturated carbocycles. The third kappa shape index (κ3) is 8.13. The molecule has 0 amide bonds. The number of hydrogen-bond donors (Lipinski definition) is 1. The molecule has 0 bridgehead atoms. The van der Waals surface area contributed by atoms with Crippen molar-refractivity contribution in [1.82, 2.24) is 9.97 Å². The zero-order valence-corrected chi connectivity index (χ0v) is 30.0. The van der Waals surface area contributed by atoms with Crippen LogP contribution in [-0.2, 0) is 0 Å². The van der Waals surface area contributed by atoms with Crippen molar-refractivity contribution in [2.45, 2.75) is 26.1 Å². The van der Waals surface area contributed by atoms with Gasteiger partial charge in [-0.3, -0.25) is 4.79 Å². The van der Waals surface area contributed by atoms with E-state index in [2.05, 4.69) is 9.97 Å². The second kappa shape index (κ2) is 15.5. The second-order valence-corrected chi connectivity index (χ2v) is 13.0. The van der Waals surface area contributed by atoms with Crippen molar-refractivity contribution in [1.29, 1.82) is 0 Å². The summed E-state index contributed by atoms with van der Waals surface area (Å²) in [7, 11) is 0. The predicted molar refractivity (Wildman–Crippen MR) is 208 cm³/mol. The molecule has 1 N–H and O–H groups in total. The summed E-state index contributed by atoms with van der Waals surface area (Å²) < 4.78 is 35.5. The number of aromatic nitrogens is 2. The highest BCUT2D eigenvalue weighted by molar-refractivity contribution is 6.10. The standard InChI is InChI=1S/C45H36N2O8/c1-28(26-50-33-17-13-31(14-18-33)44-46-38-7-3-5-9-41(38)54-44)52-35-21-11-30(12-22-35)43(49)37-24-23-36(25-40(37)48)53-29(2)27-51-34-19-15-32(16-20-34)45-47-39-8-4-6-10-42(39)55-45/h3-25,28-29,48H,26-27H2,1-2H3. The Labute approximate surface area is 316 Å². The van der Waals surface area contributed by atoms with Crippen molar-refractivity contribution in [3.63, 3.8) is 0 Å². The number of fused-ring (bicyclic) bond motifs is 2. The molecule has 55 heavy (non-hydrogen) atoms. The molecule has 2 unspecified atom stereocenters. The number of ether oxygens (including phenoxy) is 4. The number of ketones is 1. The van der Waals surface area contributed by atoms with Gasteiger partial charge in [-0.15, -0.1) is 0 Å². The molecule has 2 heterocycles. The first-order valence-corrected chi connectivity index (χ1v) is 17.8. The van der Waals surface area contributed by atoms with Crippen LogP contribution in [0.2, 0.25) is 0 Å². The fourth-order valence-corrected chi connectivity index (χ4v) is 5.96. The van der Waals surface area contributed by atoms with Crippen molar-refractivity contribution in [2.24, 2.45) is 0 Å². The van der Waals surface area contributed by atoms with Crippen molar-refractivity contribution in [3.05, 3.63) is 151 Å². The van der Waals surface area contributed by atoms with E-state index >= 15 is 0 Å². The lowest BCUT2D eigenvalue weighted by atomic mass is 10.0. The lowest BCUT2D eigenvalue weighted by molar-refractivity contribution is 0.103. The van der Waals surface area contributed by atoms with Crippen LogP contribution in [-0.4, -0.2) is 46.3 Å². The van der Waals surface area contributed by atoms with Crippen LogP contribution in [0.5, 0.6) is 28.7 Å². The molecule has 0 spiro atoms. The smallest absolute Gasteiger partial charge is 0.227 e. The molecule has 0 aliphatic carbocycles. The third-order valence-electron chi connectivity index (χ3n) is 8.76. The van der Waals surface area contributed by atoms with E-state index in [4.69, 9.17) is 27.8 Å². The summed E-state index contributed by atoms with van der Waals surface area (Å²) in [6, 6.07) is 41.7. The highest BCUT2D eigenvalue weighted by Gasteiger charge is 2.17. The molecule has 0 aliphatic heterocycles. The Morgan fingerprint density at radius 2 is 1.04 bits per heavy atom. The lowest BCUT2D eigenvalue weighted by Gasteiger charge is -2.17. The topological polar surface area (TPSA) is 126 Å². The van der Waals surface area contributed by atoms with Crippen molar-refractivity contribution in [2.75, 3.05) is 13.2 Å². The number of benzene rings is 6. The minimum Gasteiger partial charge on any atom is -0.507 e.